The van der Waals surface area contributed by atoms with Crippen LogP contribution in [0.4, 0.5) is 17.6 Å². The van der Waals surface area contributed by atoms with Gasteiger partial charge in [-0.2, -0.15) is 0 Å². The maximum Gasteiger partial charge on any atom is 1.00 e. The molecule has 0 amide bonds. The molecule has 0 saturated heterocycles. The number of hydrogen-bond acceptors (Lipinski definition) is 3. The van der Waals surface area contributed by atoms with Crippen molar-refractivity contribution in [2.75, 3.05) is 7.11 Å². The molecule has 0 bridgehead atoms. The van der Waals surface area contributed by atoms with Gasteiger partial charge in [0.25, 0.3) is 0 Å². The Hall–Kier alpha value is -2.70. The largest absolute Gasteiger partial charge is 1.00 e. The number of methoxy groups -OCH3 is 1. The van der Waals surface area contributed by atoms with Crippen molar-refractivity contribution in [2.24, 2.45) is 0 Å². The van der Waals surface area contributed by atoms with E-state index in [-0.39, 0.29) is 17.1 Å². The Morgan fingerprint density at radius 1 is 0.852 bits per heavy atom. The molecular weight excluding hydrogens is 412 g/mol. The third-order valence-corrected chi connectivity index (χ3v) is 3.56. The van der Waals surface area contributed by atoms with Crippen LogP contribution in [0.3, 0.4) is 0 Å². The number of ether oxygens (including phenoxy) is 1. The molecule has 27 heavy (non-hydrogen) atoms. The van der Waals surface area contributed by atoms with E-state index in [2.05, 4.69) is 32.9 Å². The van der Waals surface area contributed by atoms with Crippen LogP contribution in [0.15, 0.2) is 48.8 Å². The Balaban J connectivity index is 0.000000190. The number of pyridine rings is 2. The first-order valence-corrected chi connectivity index (χ1v) is 7.40. The zero-order valence-electron chi connectivity index (χ0n) is 13.7. The third-order valence-electron chi connectivity index (χ3n) is 3.56. The zero-order chi connectivity index (χ0) is 18.7. The molecule has 0 radical (unpaired) electrons. The molecule has 2 heterocycles. The third kappa shape index (κ3) is 4.18. The summed E-state index contributed by atoms with van der Waals surface area (Å²) in [5.74, 6) is -7.46. The summed E-state index contributed by atoms with van der Waals surface area (Å²) < 4.78 is 53.7. The van der Waals surface area contributed by atoms with Crippen LogP contribution in [-0.2, 0) is 17.1 Å². The minimum atomic E-state index is -1.61. The average molecular weight is 423 g/mol. The van der Waals surface area contributed by atoms with Crippen molar-refractivity contribution in [3.05, 3.63) is 78.1 Å². The Kier molecular flexibility index (Phi) is 6.71. The van der Waals surface area contributed by atoms with E-state index in [0.717, 1.165) is 28.9 Å². The van der Waals surface area contributed by atoms with E-state index in [4.69, 9.17) is 0 Å². The van der Waals surface area contributed by atoms with Crippen LogP contribution >= 0.6 is 0 Å². The first kappa shape index (κ1) is 20.6. The second-order valence-electron chi connectivity index (χ2n) is 5.12. The van der Waals surface area contributed by atoms with Crippen molar-refractivity contribution in [1.29, 1.82) is 0 Å². The molecule has 2 aromatic heterocycles. The van der Waals surface area contributed by atoms with Gasteiger partial charge in [-0.1, -0.05) is 12.1 Å². The second-order valence-corrected chi connectivity index (χ2v) is 5.12. The number of rotatable bonds is 1. The van der Waals surface area contributed by atoms with E-state index in [0.29, 0.717) is 0 Å². The van der Waals surface area contributed by atoms with Crippen LogP contribution in [0.2, 0.25) is 0 Å². The number of nitrogens with zero attached hydrogens (tertiary/aromatic N) is 2. The molecule has 0 aliphatic rings. The van der Waals surface area contributed by atoms with E-state index in [1.54, 1.807) is 6.20 Å². The summed E-state index contributed by atoms with van der Waals surface area (Å²) in [4.78, 5) is 8.66. The van der Waals surface area contributed by atoms with E-state index >= 15 is 0 Å². The van der Waals surface area contributed by atoms with Crippen molar-refractivity contribution in [3.8, 4) is 5.75 Å². The molecule has 0 spiro atoms. The maximum absolute atomic E-state index is 12.5. The van der Waals surface area contributed by atoms with Crippen molar-refractivity contribution in [3.63, 3.8) is 0 Å². The topological polar surface area (TPSA) is 35.0 Å². The van der Waals surface area contributed by atoms with Gasteiger partial charge in [0.05, 0.1) is 47.2 Å². The maximum atomic E-state index is 12.5. The summed E-state index contributed by atoms with van der Waals surface area (Å²) in [7, 11) is 0.903. The molecule has 4 aromatic rings. The number of halogens is 4. The summed E-state index contributed by atoms with van der Waals surface area (Å²) in [5.41, 5.74) is 2.02. The summed E-state index contributed by atoms with van der Waals surface area (Å²) in [5, 5.41) is 2.28. The number of benzene rings is 2. The molecule has 0 fully saturated rings. The summed E-state index contributed by atoms with van der Waals surface area (Å²) in [6.07, 6.45) is 3.62. The van der Waals surface area contributed by atoms with Crippen LogP contribution in [0.25, 0.3) is 21.8 Å². The Labute approximate surface area is 162 Å². The van der Waals surface area contributed by atoms with Gasteiger partial charge in [-0.3, -0.25) is 18.7 Å². The van der Waals surface area contributed by atoms with E-state index in [9.17, 15) is 17.6 Å². The van der Waals surface area contributed by atoms with Gasteiger partial charge in [0.1, 0.15) is 0 Å². The predicted molar refractivity (Wildman–Crippen MR) is 88.7 cm³/mol. The molecule has 2 aromatic carbocycles. The van der Waals surface area contributed by atoms with Gasteiger partial charge in [0.15, 0.2) is 0 Å². The quantitative estimate of drug-likeness (QED) is 0.145. The fraction of sp³-hybridized carbons (Fsp3) is 0.0526. The van der Waals surface area contributed by atoms with Crippen molar-refractivity contribution >= 4 is 21.8 Å². The van der Waals surface area contributed by atoms with Crippen molar-refractivity contribution < 1.29 is 39.4 Å². The van der Waals surface area contributed by atoms with Gasteiger partial charge in [0, 0.05) is 23.2 Å². The average Bonchev–Trinajstić information content (AvgIpc) is 2.67. The van der Waals surface area contributed by atoms with Gasteiger partial charge < -0.3 is 4.74 Å². The molecule has 4 rings (SSSR count). The number of fused-ring (bicyclic) bond motifs is 3. The Morgan fingerprint density at radius 2 is 1.48 bits per heavy atom. The Bertz CT molecular complexity index is 1010. The van der Waals surface area contributed by atoms with Crippen LogP contribution in [-0.4, -0.2) is 17.1 Å². The van der Waals surface area contributed by atoms with E-state index < -0.39 is 29.0 Å². The van der Waals surface area contributed by atoms with E-state index in [1.807, 2.05) is 24.4 Å². The zero-order valence-corrected chi connectivity index (χ0v) is 14.7. The standard InChI is InChI=1S/C12H8N2.C7H3F4O.Cu/c1-3-9-5-6-11-10(4-2-7-13-11)12(9)14-8-1;1-12-7-5(10)3(8)2-4(9)6(7)11;/h1-8H;1H3;/q;-1;+1. The second kappa shape index (κ2) is 8.79. The van der Waals surface area contributed by atoms with Crippen LogP contribution in [0, 0.1) is 29.3 Å². The monoisotopic (exact) mass is 422 g/mol. The number of aromatic nitrogens is 2. The molecule has 142 valence electrons. The molecule has 0 N–H and O–H groups in total. The van der Waals surface area contributed by atoms with Gasteiger partial charge in [-0.15, -0.1) is 6.07 Å². The molecule has 8 heteroatoms. The normalized spacial score (nSPS) is 10.1. The molecule has 3 nitrogen and oxygen atoms in total. The number of hydrogen-bond donors (Lipinski definition) is 0. The van der Waals surface area contributed by atoms with Crippen LogP contribution in [0.1, 0.15) is 0 Å². The SMILES string of the molecule is COc1c(F)c(F)[c-]c(F)c1F.[Cu+].c1cnc2c(c1)ccc1ncccc12. The minimum Gasteiger partial charge on any atom is -0.516 e. The van der Waals surface area contributed by atoms with Crippen molar-refractivity contribution in [2.45, 2.75) is 0 Å². The van der Waals surface area contributed by atoms with Gasteiger partial charge in [-0.25, -0.2) is 8.78 Å². The van der Waals surface area contributed by atoms with Crippen molar-refractivity contribution in [1.82, 2.24) is 9.97 Å². The molecule has 0 aliphatic carbocycles. The molecule has 0 unspecified atom stereocenters. The van der Waals surface area contributed by atoms with Crippen LogP contribution in [0.5, 0.6) is 5.75 Å². The summed E-state index contributed by atoms with van der Waals surface area (Å²) in [6.45, 7) is 0. The first-order valence-electron chi connectivity index (χ1n) is 7.40. The predicted octanol–water partition coefficient (Wildman–Crippen LogP) is 4.83. The Morgan fingerprint density at radius 3 is 2.15 bits per heavy atom. The fourth-order valence-corrected chi connectivity index (χ4v) is 2.38. The molecule has 0 saturated carbocycles. The molecular formula is C19H11CuF4N2O. The first-order chi connectivity index (χ1) is 12.5. The molecule has 0 atom stereocenters. The van der Waals surface area contributed by atoms with Gasteiger partial charge in [-0.05, 0) is 24.3 Å². The fourth-order valence-electron chi connectivity index (χ4n) is 2.38. The van der Waals surface area contributed by atoms with Crippen LogP contribution < -0.4 is 4.74 Å². The van der Waals surface area contributed by atoms with Gasteiger partial charge >= 0.3 is 17.1 Å². The summed E-state index contributed by atoms with van der Waals surface area (Å²) in [6, 6.07) is 13.3. The summed E-state index contributed by atoms with van der Waals surface area (Å²) >= 11 is 0. The molecule has 0 aliphatic heterocycles. The van der Waals surface area contributed by atoms with Gasteiger partial charge in [0.2, 0.25) is 0 Å². The smallest absolute Gasteiger partial charge is 0.516 e. The van der Waals surface area contributed by atoms with E-state index in [1.165, 1.54) is 6.07 Å². The minimum absolute atomic E-state index is 0.